The molecule has 1 amide bonds. The number of ether oxygens (including phenoxy) is 1. The Morgan fingerprint density at radius 3 is 2.61 bits per heavy atom. The van der Waals surface area contributed by atoms with Gasteiger partial charge in [-0.05, 0) is 39.7 Å². The van der Waals surface area contributed by atoms with Gasteiger partial charge in [0, 0.05) is 18.6 Å². The van der Waals surface area contributed by atoms with Crippen LogP contribution in [0.2, 0.25) is 0 Å². The summed E-state index contributed by atoms with van der Waals surface area (Å²) in [6.07, 6.45) is 4.76. The monoisotopic (exact) mass is 254 g/mol. The number of hydrogen-bond acceptors (Lipinski definition) is 3. The number of likely N-dealkylation sites (N-methyl/N-ethyl adjacent to an activating group) is 1. The van der Waals surface area contributed by atoms with Crippen LogP contribution in [0, 0.1) is 5.92 Å². The van der Waals surface area contributed by atoms with Gasteiger partial charge in [0.2, 0.25) is 0 Å². The third-order valence-electron chi connectivity index (χ3n) is 4.38. The van der Waals surface area contributed by atoms with E-state index in [1.807, 2.05) is 7.05 Å². The quantitative estimate of drug-likeness (QED) is 0.828. The number of amides is 1. The first-order valence-corrected chi connectivity index (χ1v) is 7.11. The van der Waals surface area contributed by atoms with Gasteiger partial charge in [-0.15, -0.1) is 0 Å². The number of nitrogens with one attached hydrogen (secondary N) is 1. The Labute approximate surface area is 110 Å². The average Bonchev–Trinajstić information content (AvgIpc) is 2.82. The molecular weight excluding hydrogens is 228 g/mol. The second-order valence-electron chi connectivity index (χ2n) is 6.31. The number of nitrogens with zero attached hydrogens (tertiary/aromatic N) is 1. The second kappa shape index (κ2) is 5.57. The molecule has 2 fully saturated rings. The lowest BCUT2D eigenvalue weighted by atomic mass is 9.86. The van der Waals surface area contributed by atoms with Gasteiger partial charge in [-0.2, -0.15) is 0 Å². The van der Waals surface area contributed by atoms with E-state index in [1.165, 1.54) is 25.7 Å². The summed E-state index contributed by atoms with van der Waals surface area (Å²) >= 11 is 0. The predicted octanol–water partition coefficient (Wildman–Crippen LogP) is 1.40. The molecule has 0 unspecified atom stereocenters. The first-order valence-electron chi connectivity index (χ1n) is 7.11. The van der Waals surface area contributed by atoms with Crippen LogP contribution in [0.4, 0.5) is 0 Å². The lowest BCUT2D eigenvalue weighted by Gasteiger charge is -2.36. The number of carbonyl (C=O) groups excluding carboxylic acids is 1. The van der Waals surface area contributed by atoms with E-state index in [9.17, 15) is 4.79 Å². The highest BCUT2D eigenvalue weighted by Gasteiger charge is 2.35. The van der Waals surface area contributed by atoms with Crippen molar-refractivity contribution in [1.82, 2.24) is 10.2 Å². The summed E-state index contributed by atoms with van der Waals surface area (Å²) in [4.78, 5) is 14.4. The predicted molar refractivity (Wildman–Crippen MR) is 71.4 cm³/mol. The molecule has 1 aliphatic carbocycles. The van der Waals surface area contributed by atoms with E-state index in [1.54, 1.807) is 0 Å². The average molecular weight is 254 g/mol. The maximum absolute atomic E-state index is 12.3. The van der Waals surface area contributed by atoms with Crippen molar-refractivity contribution in [3.8, 4) is 0 Å². The van der Waals surface area contributed by atoms with Crippen LogP contribution < -0.4 is 5.32 Å². The van der Waals surface area contributed by atoms with Crippen LogP contribution in [0.1, 0.15) is 39.5 Å². The number of rotatable bonds is 3. The van der Waals surface area contributed by atoms with Crippen molar-refractivity contribution in [2.45, 2.75) is 51.2 Å². The SMILES string of the molecule is CN1CCO[C@@H](C(=O)NC(C)(C)C2CCCC2)C1. The topological polar surface area (TPSA) is 41.6 Å². The van der Waals surface area contributed by atoms with E-state index in [0.29, 0.717) is 19.1 Å². The van der Waals surface area contributed by atoms with Gasteiger partial charge in [-0.25, -0.2) is 0 Å². The molecule has 1 heterocycles. The van der Waals surface area contributed by atoms with Crippen molar-refractivity contribution in [3.63, 3.8) is 0 Å². The van der Waals surface area contributed by atoms with Crippen molar-refractivity contribution in [2.75, 3.05) is 26.7 Å². The molecule has 2 aliphatic rings. The van der Waals surface area contributed by atoms with Crippen LogP contribution >= 0.6 is 0 Å². The highest BCUT2D eigenvalue weighted by Crippen LogP contribution is 2.33. The normalized spacial score (nSPS) is 27.4. The largest absolute Gasteiger partial charge is 0.366 e. The minimum Gasteiger partial charge on any atom is -0.366 e. The Morgan fingerprint density at radius 2 is 2.00 bits per heavy atom. The lowest BCUT2D eigenvalue weighted by Crippen LogP contribution is -2.55. The number of morpholine rings is 1. The van der Waals surface area contributed by atoms with Gasteiger partial charge in [-0.3, -0.25) is 4.79 Å². The summed E-state index contributed by atoms with van der Waals surface area (Å²) in [5.74, 6) is 0.668. The molecule has 1 atom stereocenters. The lowest BCUT2D eigenvalue weighted by molar-refractivity contribution is -0.140. The van der Waals surface area contributed by atoms with E-state index in [4.69, 9.17) is 4.74 Å². The van der Waals surface area contributed by atoms with E-state index in [-0.39, 0.29) is 17.6 Å². The summed E-state index contributed by atoms with van der Waals surface area (Å²) in [5.41, 5.74) is -0.104. The van der Waals surface area contributed by atoms with Crippen LogP contribution in [0.15, 0.2) is 0 Å². The first-order chi connectivity index (χ1) is 8.49. The van der Waals surface area contributed by atoms with Crippen LogP contribution in [0.25, 0.3) is 0 Å². The van der Waals surface area contributed by atoms with Crippen LogP contribution in [0.5, 0.6) is 0 Å². The van der Waals surface area contributed by atoms with Crippen molar-refractivity contribution in [3.05, 3.63) is 0 Å². The van der Waals surface area contributed by atoms with Crippen LogP contribution in [-0.2, 0) is 9.53 Å². The molecule has 18 heavy (non-hydrogen) atoms. The molecule has 104 valence electrons. The molecule has 0 bridgehead atoms. The standard InChI is InChI=1S/C14H26N2O2/c1-14(2,11-6-4-5-7-11)15-13(17)12-10-16(3)8-9-18-12/h11-12H,4-10H2,1-3H3,(H,15,17)/t12-/m1/s1. The molecule has 1 saturated carbocycles. The molecule has 0 radical (unpaired) electrons. The fourth-order valence-electron chi connectivity index (χ4n) is 3.08. The maximum atomic E-state index is 12.3. The Bertz CT molecular complexity index is 298. The summed E-state index contributed by atoms with van der Waals surface area (Å²) in [6.45, 7) is 6.56. The smallest absolute Gasteiger partial charge is 0.250 e. The molecule has 0 aromatic rings. The molecule has 1 saturated heterocycles. The zero-order chi connectivity index (χ0) is 13.2. The molecular formula is C14H26N2O2. The van der Waals surface area contributed by atoms with Crippen LogP contribution in [-0.4, -0.2) is 49.2 Å². The third kappa shape index (κ3) is 3.23. The molecule has 4 heteroatoms. The van der Waals surface area contributed by atoms with Gasteiger partial charge in [0.15, 0.2) is 0 Å². The van der Waals surface area contributed by atoms with E-state index in [0.717, 1.165) is 6.54 Å². The van der Waals surface area contributed by atoms with E-state index >= 15 is 0 Å². The third-order valence-corrected chi connectivity index (χ3v) is 4.38. The Hall–Kier alpha value is -0.610. The van der Waals surface area contributed by atoms with Crippen LogP contribution in [0.3, 0.4) is 0 Å². The first kappa shape index (κ1) is 13.8. The molecule has 0 spiro atoms. The Balaban J connectivity index is 1.89. The molecule has 1 N–H and O–H groups in total. The Kier molecular flexibility index (Phi) is 4.28. The highest BCUT2D eigenvalue weighted by molar-refractivity contribution is 5.81. The van der Waals surface area contributed by atoms with E-state index in [2.05, 4.69) is 24.1 Å². The second-order valence-corrected chi connectivity index (χ2v) is 6.31. The van der Waals surface area contributed by atoms with Crippen molar-refractivity contribution in [1.29, 1.82) is 0 Å². The maximum Gasteiger partial charge on any atom is 0.250 e. The van der Waals surface area contributed by atoms with Gasteiger partial charge in [-0.1, -0.05) is 12.8 Å². The molecule has 0 aromatic heterocycles. The van der Waals surface area contributed by atoms with Gasteiger partial charge >= 0.3 is 0 Å². The van der Waals surface area contributed by atoms with Crippen molar-refractivity contribution >= 4 is 5.91 Å². The molecule has 0 aromatic carbocycles. The zero-order valence-electron chi connectivity index (χ0n) is 11.9. The molecule has 2 rings (SSSR count). The summed E-state index contributed by atoms with van der Waals surface area (Å²) in [5, 5.41) is 3.20. The molecule has 1 aliphatic heterocycles. The minimum atomic E-state index is -0.301. The van der Waals surface area contributed by atoms with Gasteiger partial charge in [0.05, 0.1) is 6.61 Å². The van der Waals surface area contributed by atoms with Crippen molar-refractivity contribution < 1.29 is 9.53 Å². The summed E-state index contributed by atoms with van der Waals surface area (Å²) < 4.78 is 5.56. The Morgan fingerprint density at radius 1 is 1.33 bits per heavy atom. The van der Waals surface area contributed by atoms with Gasteiger partial charge in [0.1, 0.15) is 6.10 Å². The summed E-state index contributed by atoms with van der Waals surface area (Å²) in [7, 11) is 2.03. The van der Waals surface area contributed by atoms with Gasteiger partial charge < -0.3 is 15.0 Å². The van der Waals surface area contributed by atoms with E-state index < -0.39 is 0 Å². The number of carbonyl (C=O) groups is 1. The molecule has 4 nitrogen and oxygen atoms in total. The van der Waals surface area contributed by atoms with Gasteiger partial charge in [0.25, 0.3) is 5.91 Å². The fraction of sp³-hybridized carbons (Fsp3) is 0.929. The van der Waals surface area contributed by atoms with Crippen molar-refractivity contribution in [2.24, 2.45) is 5.92 Å². The zero-order valence-corrected chi connectivity index (χ0v) is 11.9. The fourth-order valence-corrected chi connectivity index (χ4v) is 3.08. The highest BCUT2D eigenvalue weighted by atomic mass is 16.5. The summed E-state index contributed by atoms with van der Waals surface area (Å²) in [6, 6.07) is 0. The minimum absolute atomic E-state index is 0.0541. The number of hydrogen-bond donors (Lipinski definition) is 1.